The van der Waals surface area contributed by atoms with Crippen LogP contribution in [0, 0.1) is 0 Å². The van der Waals surface area contributed by atoms with Gasteiger partial charge in [0.25, 0.3) is 0 Å². The first kappa shape index (κ1) is 13.7. The number of aliphatic hydroxyl groups is 1. The summed E-state index contributed by atoms with van der Waals surface area (Å²) in [6.45, 7) is 2.64. The number of ketones is 1. The first-order chi connectivity index (χ1) is 7.91. The Kier molecular flexibility index (Phi) is 4.66. The first-order valence-electron chi connectivity index (χ1n) is 4.69. The van der Waals surface area contributed by atoms with Crippen molar-refractivity contribution >= 4 is 34.7 Å². The molecule has 17 heavy (non-hydrogen) atoms. The van der Waals surface area contributed by atoms with Gasteiger partial charge >= 0.3 is 0 Å². The molecule has 0 saturated heterocycles. The van der Waals surface area contributed by atoms with Crippen molar-refractivity contribution in [2.75, 3.05) is 0 Å². The fourth-order valence-corrected chi connectivity index (χ4v) is 1.39. The Balaban J connectivity index is 3.09. The number of carbonyl (C=O) groups excluding carboxylic acids is 1. The molecule has 0 aliphatic carbocycles. The average molecular weight is 273 g/mol. The molecule has 0 aromatic heterocycles. The van der Waals surface area contributed by atoms with Gasteiger partial charge in [0.05, 0.1) is 5.02 Å². The maximum absolute atomic E-state index is 11.1. The van der Waals surface area contributed by atoms with Crippen molar-refractivity contribution in [3.63, 3.8) is 0 Å². The highest BCUT2D eigenvalue weighted by Gasteiger charge is 2.07. The smallest absolute Gasteiger partial charge is 0.183 e. The van der Waals surface area contributed by atoms with Gasteiger partial charge in [0.15, 0.2) is 11.5 Å². The fourth-order valence-electron chi connectivity index (χ4n) is 1.06. The molecule has 0 fully saturated rings. The van der Waals surface area contributed by atoms with Crippen LogP contribution < -0.4 is 0 Å². The molecule has 0 aliphatic rings. The Morgan fingerprint density at radius 1 is 1.29 bits per heavy atom. The number of rotatable bonds is 3. The number of hydrogen-bond donors (Lipinski definition) is 1. The van der Waals surface area contributed by atoms with Gasteiger partial charge in [-0.2, -0.15) is 0 Å². The summed E-state index contributed by atoms with van der Waals surface area (Å²) in [5, 5.41) is 17.5. The maximum atomic E-state index is 11.1. The summed E-state index contributed by atoms with van der Waals surface area (Å²) in [5.74, 6) is -0.577. The van der Waals surface area contributed by atoms with E-state index in [-0.39, 0.29) is 17.2 Å². The fraction of sp³-hybridized carbons (Fsp3) is 0.182. The number of allylic oxidation sites excluding steroid dienone is 2. The second-order valence-corrected chi connectivity index (χ2v) is 4.13. The lowest BCUT2D eigenvalue weighted by Gasteiger charge is -1.99. The quantitative estimate of drug-likeness (QED) is 0.502. The number of azo groups is 1. The lowest BCUT2D eigenvalue weighted by atomic mass is 10.3. The lowest BCUT2D eigenvalue weighted by Crippen LogP contribution is -1.96. The van der Waals surface area contributed by atoms with E-state index in [1.165, 1.54) is 19.9 Å². The number of Topliss-reactive ketones (excluding diaryl/α,β-unsaturated/α-hetero) is 1. The molecule has 0 radical (unpaired) electrons. The highest BCUT2D eigenvalue weighted by Crippen LogP contribution is 2.28. The Morgan fingerprint density at radius 2 is 1.94 bits per heavy atom. The molecule has 0 aliphatic heterocycles. The van der Waals surface area contributed by atoms with Crippen LogP contribution in [-0.2, 0) is 4.79 Å². The van der Waals surface area contributed by atoms with Gasteiger partial charge in [-0.3, -0.25) is 4.79 Å². The van der Waals surface area contributed by atoms with Gasteiger partial charge < -0.3 is 5.11 Å². The summed E-state index contributed by atoms with van der Waals surface area (Å²) in [6, 6.07) is 4.70. The first-order valence-corrected chi connectivity index (χ1v) is 5.45. The Morgan fingerprint density at radius 3 is 2.47 bits per heavy atom. The van der Waals surface area contributed by atoms with Gasteiger partial charge in [0, 0.05) is 11.9 Å². The minimum Gasteiger partial charge on any atom is -0.510 e. The molecule has 90 valence electrons. The van der Waals surface area contributed by atoms with Crippen molar-refractivity contribution in [3.8, 4) is 0 Å². The lowest BCUT2D eigenvalue weighted by molar-refractivity contribution is -0.113. The third-order valence-electron chi connectivity index (χ3n) is 1.84. The highest BCUT2D eigenvalue weighted by molar-refractivity contribution is 6.35. The largest absolute Gasteiger partial charge is 0.510 e. The Bertz CT molecular complexity index is 506. The molecule has 1 rings (SSSR count). The van der Waals surface area contributed by atoms with Crippen LogP contribution in [0.4, 0.5) is 5.69 Å². The van der Waals surface area contributed by atoms with Crippen molar-refractivity contribution in [1.29, 1.82) is 0 Å². The van der Waals surface area contributed by atoms with E-state index in [0.29, 0.717) is 15.7 Å². The van der Waals surface area contributed by atoms with E-state index in [0.717, 1.165) is 0 Å². The monoisotopic (exact) mass is 272 g/mol. The summed E-state index contributed by atoms with van der Waals surface area (Å²) in [7, 11) is 0. The van der Waals surface area contributed by atoms with Crippen LogP contribution in [0.5, 0.6) is 0 Å². The molecule has 0 atom stereocenters. The molecule has 0 bridgehead atoms. The maximum Gasteiger partial charge on any atom is 0.183 e. The number of nitrogens with zero attached hydrogens (tertiary/aromatic N) is 2. The summed E-state index contributed by atoms with van der Waals surface area (Å²) >= 11 is 11.6. The number of carbonyl (C=O) groups is 1. The second kappa shape index (κ2) is 5.80. The zero-order chi connectivity index (χ0) is 13.0. The summed E-state index contributed by atoms with van der Waals surface area (Å²) in [4.78, 5) is 11.1. The number of halogens is 2. The van der Waals surface area contributed by atoms with E-state index in [1.54, 1.807) is 12.1 Å². The van der Waals surface area contributed by atoms with E-state index in [9.17, 15) is 9.90 Å². The molecule has 6 heteroatoms. The Hall–Kier alpha value is -1.39. The van der Waals surface area contributed by atoms with E-state index in [4.69, 9.17) is 23.2 Å². The number of benzene rings is 1. The molecule has 4 nitrogen and oxygen atoms in total. The average Bonchev–Trinajstić information content (AvgIpc) is 2.22. The van der Waals surface area contributed by atoms with Crippen molar-refractivity contribution < 1.29 is 9.90 Å². The molecular formula is C11H10Cl2N2O2. The van der Waals surface area contributed by atoms with Crippen LogP contribution in [0.15, 0.2) is 39.9 Å². The van der Waals surface area contributed by atoms with Gasteiger partial charge in [-0.05, 0) is 25.1 Å². The predicted octanol–water partition coefficient (Wildman–Crippen LogP) is 4.46. The van der Waals surface area contributed by atoms with Gasteiger partial charge in [0.1, 0.15) is 11.4 Å². The molecule has 0 unspecified atom stereocenters. The summed E-state index contributed by atoms with van der Waals surface area (Å²) in [5.41, 5.74) is 0.222. The molecule has 0 heterocycles. The molecule has 0 amide bonds. The number of hydrogen-bond acceptors (Lipinski definition) is 4. The normalized spacial score (nSPS) is 12.7. The van der Waals surface area contributed by atoms with Crippen LogP contribution in [0.1, 0.15) is 13.8 Å². The second-order valence-electron chi connectivity index (χ2n) is 3.29. The van der Waals surface area contributed by atoms with Crippen LogP contribution in [0.2, 0.25) is 10.0 Å². The molecule has 1 aromatic carbocycles. The molecular weight excluding hydrogens is 263 g/mol. The van der Waals surface area contributed by atoms with Gasteiger partial charge in [-0.15, -0.1) is 10.2 Å². The van der Waals surface area contributed by atoms with E-state index in [2.05, 4.69) is 10.2 Å². The standard InChI is InChI=1S/C11H10Cl2N2O2/c1-6(16)11(7(2)17)15-14-10-5-8(12)3-4-9(10)13/h3-5,16H,1-2H3. The topological polar surface area (TPSA) is 62.0 Å². The minimum atomic E-state index is -0.382. The van der Waals surface area contributed by atoms with Gasteiger partial charge in [0.2, 0.25) is 0 Å². The molecule has 1 aromatic rings. The van der Waals surface area contributed by atoms with Crippen LogP contribution in [0.25, 0.3) is 0 Å². The minimum absolute atomic E-state index is 0.110. The van der Waals surface area contributed by atoms with E-state index < -0.39 is 0 Å². The third kappa shape index (κ3) is 3.84. The van der Waals surface area contributed by atoms with Crippen molar-refractivity contribution in [1.82, 2.24) is 0 Å². The molecule has 1 N–H and O–H groups in total. The zero-order valence-corrected chi connectivity index (χ0v) is 10.7. The zero-order valence-electron chi connectivity index (χ0n) is 9.24. The highest BCUT2D eigenvalue weighted by atomic mass is 35.5. The van der Waals surface area contributed by atoms with Crippen LogP contribution >= 0.6 is 23.2 Å². The predicted molar refractivity (Wildman–Crippen MR) is 67.0 cm³/mol. The van der Waals surface area contributed by atoms with Gasteiger partial charge in [-0.25, -0.2) is 0 Å². The van der Waals surface area contributed by atoms with Crippen LogP contribution in [0.3, 0.4) is 0 Å². The van der Waals surface area contributed by atoms with E-state index in [1.807, 2.05) is 0 Å². The van der Waals surface area contributed by atoms with Crippen LogP contribution in [-0.4, -0.2) is 10.9 Å². The van der Waals surface area contributed by atoms with E-state index >= 15 is 0 Å². The number of aliphatic hydroxyl groups excluding tert-OH is 1. The van der Waals surface area contributed by atoms with Crippen molar-refractivity contribution in [3.05, 3.63) is 39.7 Å². The summed E-state index contributed by atoms with van der Waals surface area (Å²) < 4.78 is 0. The summed E-state index contributed by atoms with van der Waals surface area (Å²) in [6.07, 6.45) is 0. The van der Waals surface area contributed by atoms with Crippen molar-refractivity contribution in [2.45, 2.75) is 13.8 Å². The van der Waals surface area contributed by atoms with Gasteiger partial charge in [-0.1, -0.05) is 23.2 Å². The van der Waals surface area contributed by atoms with Crippen molar-refractivity contribution in [2.24, 2.45) is 10.2 Å². The molecule has 0 spiro atoms. The Labute approximate surface area is 109 Å². The third-order valence-corrected chi connectivity index (χ3v) is 2.40. The SMILES string of the molecule is CC(=O)C(N=Nc1cc(Cl)ccc1Cl)=C(C)O. The molecule has 0 saturated carbocycles.